The van der Waals surface area contributed by atoms with Crippen LogP contribution in [0.3, 0.4) is 0 Å². The number of para-hydroxylation sites is 1. The molecule has 1 saturated carbocycles. The normalized spacial score (nSPS) is 24.6. The molecule has 2 rings (SSSR count). The van der Waals surface area contributed by atoms with Gasteiger partial charge in [0.05, 0.1) is 7.11 Å². The topological polar surface area (TPSA) is 35.2 Å². The summed E-state index contributed by atoms with van der Waals surface area (Å²) in [5.74, 6) is 1.60. The summed E-state index contributed by atoms with van der Waals surface area (Å²) >= 11 is 0. The molecule has 16 heavy (non-hydrogen) atoms. The van der Waals surface area contributed by atoms with E-state index in [-0.39, 0.29) is 12.4 Å². The van der Waals surface area contributed by atoms with E-state index in [1.807, 2.05) is 12.1 Å². The van der Waals surface area contributed by atoms with Gasteiger partial charge < -0.3 is 10.5 Å². The van der Waals surface area contributed by atoms with Crippen LogP contribution in [0.25, 0.3) is 0 Å². The van der Waals surface area contributed by atoms with Gasteiger partial charge >= 0.3 is 0 Å². The average molecular weight is 242 g/mol. The van der Waals surface area contributed by atoms with E-state index >= 15 is 0 Å². The number of methoxy groups -OCH3 is 1. The van der Waals surface area contributed by atoms with Crippen molar-refractivity contribution in [2.24, 2.45) is 5.73 Å². The third kappa shape index (κ3) is 2.89. The molecule has 0 unspecified atom stereocenters. The maximum Gasteiger partial charge on any atom is 0.122 e. The van der Waals surface area contributed by atoms with Gasteiger partial charge in [0.25, 0.3) is 0 Å². The summed E-state index contributed by atoms with van der Waals surface area (Å²) in [7, 11) is 1.74. The largest absolute Gasteiger partial charge is 0.496 e. The highest BCUT2D eigenvalue weighted by Gasteiger charge is 2.22. The van der Waals surface area contributed by atoms with Crippen LogP contribution in [-0.2, 0) is 0 Å². The molecule has 90 valence electrons. The Hall–Kier alpha value is -0.730. The average Bonchev–Trinajstić information content (AvgIpc) is 2.29. The van der Waals surface area contributed by atoms with Crippen molar-refractivity contribution in [1.82, 2.24) is 0 Å². The van der Waals surface area contributed by atoms with Gasteiger partial charge in [0.2, 0.25) is 0 Å². The van der Waals surface area contributed by atoms with Gasteiger partial charge in [-0.1, -0.05) is 24.6 Å². The van der Waals surface area contributed by atoms with E-state index in [2.05, 4.69) is 12.1 Å². The quantitative estimate of drug-likeness (QED) is 0.864. The lowest BCUT2D eigenvalue weighted by Gasteiger charge is -2.27. The van der Waals surface area contributed by atoms with E-state index in [1.165, 1.54) is 24.8 Å². The first-order valence-electron chi connectivity index (χ1n) is 5.69. The predicted molar refractivity (Wildman–Crippen MR) is 69.4 cm³/mol. The fourth-order valence-corrected chi connectivity index (χ4v) is 2.51. The van der Waals surface area contributed by atoms with Crippen LogP contribution in [0, 0.1) is 0 Å². The van der Waals surface area contributed by atoms with Crippen molar-refractivity contribution in [1.29, 1.82) is 0 Å². The van der Waals surface area contributed by atoms with Crippen LogP contribution in [0.5, 0.6) is 5.75 Å². The van der Waals surface area contributed by atoms with Crippen molar-refractivity contribution < 1.29 is 4.74 Å². The second kappa shape index (κ2) is 6.12. The van der Waals surface area contributed by atoms with Crippen LogP contribution in [0.15, 0.2) is 24.3 Å². The van der Waals surface area contributed by atoms with Crippen LogP contribution >= 0.6 is 12.4 Å². The molecular formula is C13H20ClNO. The molecule has 1 fully saturated rings. The molecule has 0 aliphatic heterocycles. The predicted octanol–water partition coefficient (Wildman–Crippen LogP) is 3.10. The third-order valence-electron chi connectivity index (χ3n) is 3.29. The number of ether oxygens (including phenoxy) is 1. The van der Waals surface area contributed by atoms with E-state index in [0.29, 0.717) is 12.0 Å². The molecular weight excluding hydrogens is 222 g/mol. The molecule has 2 nitrogen and oxygen atoms in total. The zero-order chi connectivity index (χ0) is 10.7. The summed E-state index contributed by atoms with van der Waals surface area (Å²) in [4.78, 5) is 0. The van der Waals surface area contributed by atoms with Crippen molar-refractivity contribution in [2.75, 3.05) is 7.11 Å². The SMILES string of the molecule is COc1ccccc1[C@H]1CCC[C@@H](N)C1.Cl. The number of hydrogen-bond acceptors (Lipinski definition) is 2. The molecule has 0 bridgehead atoms. The molecule has 0 spiro atoms. The fraction of sp³-hybridized carbons (Fsp3) is 0.538. The molecule has 0 saturated heterocycles. The van der Waals surface area contributed by atoms with Gasteiger partial charge in [-0.05, 0) is 36.8 Å². The summed E-state index contributed by atoms with van der Waals surface area (Å²) in [6.45, 7) is 0. The molecule has 1 aromatic rings. The van der Waals surface area contributed by atoms with Crippen LogP contribution < -0.4 is 10.5 Å². The molecule has 3 heteroatoms. The van der Waals surface area contributed by atoms with Gasteiger partial charge in [0.1, 0.15) is 5.75 Å². The van der Waals surface area contributed by atoms with Crippen LogP contribution in [0.1, 0.15) is 37.2 Å². The van der Waals surface area contributed by atoms with Crippen LogP contribution in [0.2, 0.25) is 0 Å². The molecule has 2 N–H and O–H groups in total. The molecule has 1 aliphatic carbocycles. The second-order valence-electron chi connectivity index (χ2n) is 4.37. The maximum atomic E-state index is 6.01. The zero-order valence-corrected chi connectivity index (χ0v) is 10.5. The van der Waals surface area contributed by atoms with Gasteiger partial charge in [0.15, 0.2) is 0 Å². The summed E-state index contributed by atoms with van der Waals surface area (Å²) in [6.07, 6.45) is 4.75. The first kappa shape index (κ1) is 13.3. The van der Waals surface area contributed by atoms with Crippen molar-refractivity contribution in [3.63, 3.8) is 0 Å². The minimum atomic E-state index is 0. The number of halogens is 1. The number of hydrogen-bond donors (Lipinski definition) is 1. The van der Waals surface area contributed by atoms with E-state index in [4.69, 9.17) is 10.5 Å². The molecule has 0 amide bonds. The standard InChI is InChI=1S/C13H19NO.ClH/c1-15-13-8-3-2-7-12(13)10-5-4-6-11(14)9-10;/h2-3,7-8,10-11H,4-6,9,14H2,1H3;1H/t10-,11+;/m0./s1. The Balaban J connectivity index is 0.00000128. The highest BCUT2D eigenvalue weighted by atomic mass is 35.5. The summed E-state index contributed by atoms with van der Waals surface area (Å²) in [5.41, 5.74) is 7.34. The van der Waals surface area contributed by atoms with Gasteiger partial charge in [-0.25, -0.2) is 0 Å². The lowest BCUT2D eigenvalue weighted by Crippen LogP contribution is -2.26. The molecule has 0 radical (unpaired) electrons. The zero-order valence-electron chi connectivity index (χ0n) is 9.69. The monoisotopic (exact) mass is 241 g/mol. The van der Waals surface area contributed by atoms with Crippen LogP contribution in [0.4, 0.5) is 0 Å². The van der Waals surface area contributed by atoms with Gasteiger partial charge in [-0.15, -0.1) is 12.4 Å². The van der Waals surface area contributed by atoms with Crippen molar-refractivity contribution in [3.05, 3.63) is 29.8 Å². The molecule has 0 heterocycles. The molecule has 2 atom stereocenters. The summed E-state index contributed by atoms with van der Waals surface area (Å²) < 4.78 is 5.39. The minimum absolute atomic E-state index is 0. The van der Waals surface area contributed by atoms with Gasteiger partial charge in [-0.3, -0.25) is 0 Å². The first-order valence-corrected chi connectivity index (χ1v) is 5.69. The summed E-state index contributed by atoms with van der Waals surface area (Å²) in [6, 6.07) is 8.67. The van der Waals surface area contributed by atoms with Gasteiger partial charge in [0, 0.05) is 6.04 Å². The molecule has 1 aromatic carbocycles. The van der Waals surface area contributed by atoms with E-state index < -0.39 is 0 Å². The Morgan fingerprint density at radius 3 is 2.69 bits per heavy atom. The third-order valence-corrected chi connectivity index (χ3v) is 3.29. The number of nitrogens with two attached hydrogens (primary N) is 1. The Labute approximate surface area is 104 Å². The summed E-state index contributed by atoms with van der Waals surface area (Å²) in [5, 5.41) is 0. The lowest BCUT2D eigenvalue weighted by molar-refractivity contribution is 0.367. The number of benzene rings is 1. The van der Waals surface area contributed by atoms with Crippen molar-refractivity contribution >= 4 is 12.4 Å². The van der Waals surface area contributed by atoms with E-state index in [0.717, 1.165) is 12.2 Å². The van der Waals surface area contributed by atoms with Gasteiger partial charge in [-0.2, -0.15) is 0 Å². The Kier molecular flexibility index (Phi) is 5.10. The smallest absolute Gasteiger partial charge is 0.122 e. The van der Waals surface area contributed by atoms with E-state index in [9.17, 15) is 0 Å². The molecule has 0 aromatic heterocycles. The Morgan fingerprint density at radius 1 is 1.25 bits per heavy atom. The van der Waals surface area contributed by atoms with E-state index in [1.54, 1.807) is 7.11 Å². The highest BCUT2D eigenvalue weighted by Crippen LogP contribution is 2.36. The molecule has 1 aliphatic rings. The first-order chi connectivity index (χ1) is 7.31. The van der Waals surface area contributed by atoms with Crippen LogP contribution in [-0.4, -0.2) is 13.2 Å². The van der Waals surface area contributed by atoms with Crippen molar-refractivity contribution in [3.8, 4) is 5.75 Å². The number of rotatable bonds is 2. The Morgan fingerprint density at radius 2 is 2.00 bits per heavy atom. The lowest BCUT2D eigenvalue weighted by atomic mass is 9.81. The van der Waals surface area contributed by atoms with Crippen molar-refractivity contribution in [2.45, 2.75) is 37.6 Å². The minimum Gasteiger partial charge on any atom is -0.496 e. The Bertz CT molecular complexity index is 329. The maximum absolute atomic E-state index is 6.01. The second-order valence-corrected chi connectivity index (χ2v) is 4.37. The fourth-order valence-electron chi connectivity index (χ4n) is 2.51. The highest BCUT2D eigenvalue weighted by molar-refractivity contribution is 5.85.